The summed E-state index contributed by atoms with van der Waals surface area (Å²) in [6.07, 6.45) is 1.97. The second-order valence-electron chi connectivity index (χ2n) is 8.89. The van der Waals surface area contributed by atoms with Crippen molar-refractivity contribution in [3.63, 3.8) is 0 Å². The first kappa shape index (κ1) is 20.7. The molecule has 0 saturated heterocycles. The van der Waals surface area contributed by atoms with Crippen LogP contribution in [-0.2, 0) is 14.9 Å². The number of carbonyl (C=O) groups is 3. The summed E-state index contributed by atoms with van der Waals surface area (Å²) in [4.78, 5) is 34.8. The van der Waals surface area contributed by atoms with Gasteiger partial charge in [0.25, 0.3) is 21.9 Å². The van der Waals surface area contributed by atoms with Gasteiger partial charge in [0.05, 0.1) is 22.3 Å². The van der Waals surface area contributed by atoms with Crippen LogP contribution >= 0.6 is 0 Å². The molecule has 1 aliphatic heterocycles. The third-order valence-corrected chi connectivity index (χ3v) is 8.05. The second kappa shape index (κ2) is 6.72. The third kappa shape index (κ3) is 3.06. The summed E-state index contributed by atoms with van der Waals surface area (Å²) in [5, 5.41) is 4.10. The van der Waals surface area contributed by atoms with Crippen molar-refractivity contribution in [3.05, 3.63) is 47.5 Å². The Morgan fingerprint density at radius 1 is 1.07 bits per heavy atom. The zero-order valence-electron chi connectivity index (χ0n) is 16.8. The highest BCUT2D eigenvalue weighted by Crippen LogP contribution is 2.64. The van der Waals surface area contributed by atoms with Crippen molar-refractivity contribution in [2.24, 2.45) is 16.7 Å². The maximum Gasteiger partial charge on any atom is 0.265 e. The van der Waals surface area contributed by atoms with Crippen LogP contribution in [-0.4, -0.2) is 36.3 Å². The highest BCUT2D eigenvalue weighted by atomic mass is 32.2. The summed E-state index contributed by atoms with van der Waals surface area (Å²) < 4.78 is 31.0. The summed E-state index contributed by atoms with van der Waals surface area (Å²) >= 11 is 0. The van der Waals surface area contributed by atoms with E-state index in [0.717, 1.165) is 17.2 Å². The van der Waals surface area contributed by atoms with E-state index in [9.17, 15) is 22.8 Å². The lowest BCUT2D eigenvalue weighted by atomic mass is 9.70. The molecule has 5 rings (SSSR count). The lowest BCUT2D eigenvalue weighted by molar-refractivity contribution is -0.128. The molecule has 0 aromatic heterocycles. The van der Waals surface area contributed by atoms with Gasteiger partial charge in [-0.2, -0.15) is 8.42 Å². The van der Waals surface area contributed by atoms with E-state index >= 15 is 0 Å². The summed E-state index contributed by atoms with van der Waals surface area (Å²) in [5.74, 6) is -0.705. The summed E-state index contributed by atoms with van der Waals surface area (Å²) in [6, 6.07) is 11.1. The number of benzene rings is 2. The number of carbonyl (C=O) groups excluding carboxylic acids is 3. The maximum atomic E-state index is 11.9. The van der Waals surface area contributed by atoms with E-state index in [1.165, 1.54) is 0 Å². The zero-order valence-corrected chi connectivity index (χ0v) is 17.6. The van der Waals surface area contributed by atoms with Gasteiger partial charge in [0.2, 0.25) is 0 Å². The molecular formula is C22H23NO6S. The minimum atomic E-state index is -4.08. The standard InChI is InChI=1S/C12H7NO2.C10H16O4S/c14-11-9-6-5-7-3-1-2-4-8(7)10(9)12(15)13-11;1-9(2)7-3-4-10(9,8(11)5-7)6-15(12,13)14/h1-6H,(H,13,14,15);7H,3-6H2,1-2H3,(H,12,13,14). The van der Waals surface area contributed by atoms with Crippen molar-refractivity contribution in [2.45, 2.75) is 33.1 Å². The van der Waals surface area contributed by atoms with Crippen molar-refractivity contribution >= 4 is 38.5 Å². The number of hydrogen-bond donors (Lipinski definition) is 2. The minimum absolute atomic E-state index is 0.0152. The highest BCUT2D eigenvalue weighted by Gasteiger charge is 2.65. The molecule has 2 aromatic rings. The molecule has 2 amide bonds. The average Bonchev–Trinajstić information content (AvgIpc) is 3.15. The molecule has 2 unspecified atom stereocenters. The molecule has 1 heterocycles. The van der Waals surface area contributed by atoms with Gasteiger partial charge in [-0.3, -0.25) is 24.3 Å². The Kier molecular flexibility index (Phi) is 4.63. The van der Waals surface area contributed by atoms with Gasteiger partial charge in [0, 0.05) is 6.42 Å². The molecule has 0 spiro atoms. The third-order valence-electron chi connectivity index (χ3n) is 7.20. The molecule has 158 valence electrons. The Hall–Kier alpha value is -2.58. The van der Waals surface area contributed by atoms with Gasteiger partial charge >= 0.3 is 0 Å². The smallest absolute Gasteiger partial charge is 0.265 e. The molecule has 2 atom stereocenters. The number of fused-ring (bicyclic) bond motifs is 5. The average molecular weight is 429 g/mol. The Balaban J connectivity index is 0.000000145. The van der Waals surface area contributed by atoms with Gasteiger partial charge in [-0.1, -0.05) is 44.2 Å². The Labute approximate surface area is 174 Å². The number of amides is 2. The van der Waals surface area contributed by atoms with E-state index in [4.69, 9.17) is 4.55 Å². The number of imide groups is 1. The van der Waals surface area contributed by atoms with E-state index in [1.807, 2.05) is 44.2 Å². The van der Waals surface area contributed by atoms with E-state index in [1.54, 1.807) is 6.07 Å². The van der Waals surface area contributed by atoms with Gasteiger partial charge in [0.1, 0.15) is 5.78 Å². The Bertz CT molecular complexity index is 1200. The molecule has 2 fully saturated rings. The molecule has 7 nitrogen and oxygen atoms in total. The molecule has 0 radical (unpaired) electrons. The topological polar surface area (TPSA) is 118 Å². The highest BCUT2D eigenvalue weighted by molar-refractivity contribution is 7.85. The molecule has 2 aliphatic carbocycles. The molecule has 2 bridgehead atoms. The number of rotatable bonds is 2. The normalized spacial score (nSPS) is 26.4. The Morgan fingerprint density at radius 3 is 2.37 bits per heavy atom. The molecule has 2 aromatic carbocycles. The van der Waals surface area contributed by atoms with Gasteiger partial charge in [0.15, 0.2) is 0 Å². The summed E-state index contributed by atoms with van der Waals surface area (Å²) in [7, 11) is -4.08. The van der Waals surface area contributed by atoms with Gasteiger partial charge < -0.3 is 0 Å². The van der Waals surface area contributed by atoms with Crippen LogP contribution in [0.3, 0.4) is 0 Å². The molecule has 2 N–H and O–H groups in total. The van der Waals surface area contributed by atoms with Gasteiger partial charge in [-0.25, -0.2) is 0 Å². The summed E-state index contributed by atoms with van der Waals surface area (Å²) in [5.41, 5.74) is -0.151. The number of ketones is 1. The van der Waals surface area contributed by atoms with Crippen molar-refractivity contribution in [1.29, 1.82) is 0 Å². The largest absolute Gasteiger partial charge is 0.299 e. The van der Waals surface area contributed by atoms with Crippen LogP contribution in [0.1, 0.15) is 53.8 Å². The van der Waals surface area contributed by atoms with E-state index in [2.05, 4.69) is 5.32 Å². The number of nitrogens with one attached hydrogen (secondary N) is 1. The van der Waals surface area contributed by atoms with Crippen LogP contribution in [0.2, 0.25) is 0 Å². The van der Waals surface area contributed by atoms with E-state index in [-0.39, 0.29) is 28.9 Å². The van der Waals surface area contributed by atoms with Crippen LogP contribution in [0, 0.1) is 16.7 Å². The van der Waals surface area contributed by atoms with Crippen LogP contribution in [0.15, 0.2) is 36.4 Å². The molecule has 30 heavy (non-hydrogen) atoms. The zero-order chi connectivity index (χ0) is 21.9. The van der Waals surface area contributed by atoms with Crippen LogP contribution in [0.25, 0.3) is 10.8 Å². The first-order valence-corrected chi connectivity index (χ1v) is 11.4. The SMILES string of the molecule is CC1(C)C2CCC1(CS(=O)(=O)O)C(=O)C2.O=C1NC(=O)c2c1ccc1ccccc21. The molecular weight excluding hydrogens is 406 g/mol. The van der Waals surface area contributed by atoms with E-state index in [0.29, 0.717) is 24.0 Å². The van der Waals surface area contributed by atoms with E-state index < -0.39 is 21.3 Å². The minimum Gasteiger partial charge on any atom is -0.299 e. The molecule has 8 heteroatoms. The number of hydrogen-bond acceptors (Lipinski definition) is 5. The second-order valence-corrected chi connectivity index (χ2v) is 10.3. The van der Waals surface area contributed by atoms with Crippen molar-refractivity contribution in [2.75, 3.05) is 5.75 Å². The quantitative estimate of drug-likeness (QED) is 0.560. The van der Waals surface area contributed by atoms with Gasteiger partial charge in [-0.05, 0) is 41.0 Å². The fourth-order valence-corrected chi connectivity index (χ4v) is 6.66. The van der Waals surface area contributed by atoms with Crippen molar-refractivity contribution < 1.29 is 27.4 Å². The fourth-order valence-electron chi connectivity index (χ4n) is 5.36. The predicted octanol–water partition coefficient (Wildman–Crippen LogP) is 2.99. The summed E-state index contributed by atoms with van der Waals surface area (Å²) in [6.45, 7) is 3.89. The molecule has 3 aliphatic rings. The van der Waals surface area contributed by atoms with Crippen LogP contribution < -0.4 is 5.32 Å². The maximum absolute atomic E-state index is 11.9. The first-order valence-electron chi connectivity index (χ1n) is 9.82. The fraction of sp³-hybridized carbons (Fsp3) is 0.409. The first-order chi connectivity index (χ1) is 14.0. The predicted molar refractivity (Wildman–Crippen MR) is 111 cm³/mol. The monoisotopic (exact) mass is 429 g/mol. The Morgan fingerprint density at radius 2 is 1.77 bits per heavy atom. The lowest BCUT2D eigenvalue weighted by Crippen LogP contribution is -2.42. The van der Waals surface area contributed by atoms with Gasteiger partial charge in [-0.15, -0.1) is 0 Å². The number of Topliss-reactive ketones (excluding diaryl/α,β-unsaturated/α-hetero) is 1. The van der Waals surface area contributed by atoms with Crippen LogP contribution in [0.5, 0.6) is 0 Å². The van der Waals surface area contributed by atoms with Crippen molar-refractivity contribution in [1.82, 2.24) is 5.32 Å². The lowest BCUT2D eigenvalue weighted by Gasteiger charge is -2.35. The van der Waals surface area contributed by atoms with Crippen LogP contribution in [0.4, 0.5) is 0 Å². The van der Waals surface area contributed by atoms with Crippen molar-refractivity contribution in [3.8, 4) is 0 Å². The molecule has 2 saturated carbocycles.